The molecule has 0 bridgehead atoms. The summed E-state index contributed by atoms with van der Waals surface area (Å²) in [7, 11) is 0. The quantitative estimate of drug-likeness (QED) is 0.157. The van der Waals surface area contributed by atoms with Crippen LogP contribution in [-0.2, 0) is 0 Å². The summed E-state index contributed by atoms with van der Waals surface area (Å²) < 4.78 is 0. The van der Waals surface area contributed by atoms with Crippen molar-refractivity contribution in [1.82, 2.24) is 0 Å². The first-order chi connectivity index (χ1) is 15.3. The third-order valence-corrected chi connectivity index (χ3v) is 4.76. The van der Waals surface area contributed by atoms with Crippen LogP contribution in [0.1, 0.15) is 16.7 Å². The second kappa shape index (κ2) is 10.1. The molecule has 0 saturated carbocycles. The number of hydrogen-bond donors (Lipinski definition) is 3. The minimum absolute atomic E-state index is 0.215. The average molecular weight is 405 g/mol. The Kier molecular flexibility index (Phi) is 6.53. The van der Waals surface area contributed by atoms with E-state index in [1.54, 1.807) is 0 Å². The predicted octanol–water partition coefficient (Wildman–Crippen LogP) is 5.71. The van der Waals surface area contributed by atoms with Gasteiger partial charge in [0.15, 0.2) is 5.69 Å². The van der Waals surface area contributed by atoms with Crippen molar-refractivity contribution in [2.24, 2.45) is 0 Å². The number of hydrogen-bond acceptors (Lipinski definition) is 2. The Morgan fingerprint density at radius 1 is 0.645 bits per heavy atom. The third kappa shape index (κ3) is 5.69. The maximum atomic E-state index is 8.44. The van der Waals surface area contributed by atoms with Crippen LogP contribution in [0.15, 0.2) is 115 Å². The minimum atomic E-state index is 0.215. The van der Waals surface area contributed by atoms with Crippen molar-refractivity contribution in [2.45, 2.75) is 0 Å². The summed E-state index contributed by atoms with van der Waals surface area (Å²) in [6, 6.07) is 37.8. The van der Waals surface area contributed by atoms with Gasteiger partial charge in [-0.15, -0.1) is 0 Å². The van der Waals surface area contributed by atoms with Gasteiger partial charge in [-0.25, -0.2) is 10.9 Å². The van der Waals surface area contributed by atoms with Crippen molar-refractivity contribution in [1.29, 1.82) is 5.41 Å². The molecule has 0 aromatic heterocycles. The highest BCUT2D eigenvalue weighted by Crippen LogP contribution is 2.13. The van der Waals surface area contributed by atoms with Crippen LogP contribution in [0.3, 0.4) is 0 Å². The molecule has 0 aliphatic heterocycles. The van der Waals surface area contributed by atoms with Crippen LogP contribution in [0, 0.1) is 5.41 Å². The van der Waals surface area contributed by atoms with Crippen molar-refractivity contribution >= 4 is 29.4 Å². The molecule has 3 N–H and O–H groups in total. The van der Waals surface area contributed by atoms with Gasteiger partial charge in [0.1, 0.15) is 0 Å². The molecule has 0 aliphatic carbocycles. The van der Waals surface area contributed by atoms with Crippen LogP contribution in [0.2, 0.25) is 0 Å². The van der Waals surface area contributed by atoms with E-state index in [1.807, 2.05) is 91.0 Å². The van der Waals surface area contributed by atoms with Crippen molar-refractivity contribution in [2.75, 3.05) is 5.43 Å². The lowest BCUT2D eigenvalue weighted by atomic mass is 10.1. The van der Waals surface area contributed by atoms with Gasteiger partial charge in [0.25, 0.3) is 0 Å². The normalized spacial score (nSPS) is 11.7. The summed E-state index contributed by atoms with van der Waals surface area (Å²) in [6.07, 6.45) is 4.18. The zero-order valence-electron chi connectivity index (χ0n) is 17.1. The van der Waals surface area contributed by atoms with E-state index in [1.165, 1.54) is 0 Å². The summed E-state index contributed by atoms with van der Waals surface area (Å²) in [5, 5.41) is 9.08. The van der Waals surface area contributed by atoms with Gasteiger partial charge in [-0.1, -0.05) is 91.0 Å². The third-order valence-electron chi connectivity index (χ3n) is 4.76. The predicted molar refractivity (Wildman–Crippen MR) is 129 cm³/mol. The highest BCUT2D eigenvalue weighted by atomic mass is 15.7. The second-order valence-electron chi connectivity index (χ2n) is 7.03. The fraction of sp³-hybridized carbons (Fsp3) is 0. The van der Waals surface area contributed by atoms with Crippen molar-refractivity contribution in [3.8, 4) is 0 Å². The highest BCUT2D eigenvalue weighted by molar-refractivity contribution is 6.04. The number of rotatable bonds is 7. The van der Waals surface area contributed by atoms with E-state index >= 15 is 0 Å². The van der Waals surface area contributed by atoms with Gasteiger partial charge in [-0.3, -0.25) is 0 Å². The Bertz CT molecular complexity index is 1120. The first-order valence-electron chi connectivity index (χ1n) is 10.2. The number of nitrogens with zero attached hydrogens (tertiary/aromatic N) is 1. The number of para-hydroxylation sites is 1. The monoisotopic (exact) mass is 404 g/mol. The fourth-order valence-electron chi connectivity index (χ4n) is 3.10. The maximum absolute atomic E-state index is 8.44. The van der Waals surface area contributed by atoms with Crippen LogP contribution in [0.5, 0.6) is 0 Å². The summed E-state index contributed by atoms with van der Waals surface area (Å²) in [6.45, 7) is 0. The van der Waals surface area contributed by atoms with Gasteiger partial charge in [0, 0.05) is 12.1 Å². The lowest BCUT2D eigenvalue weighted by molar-refractivity contribution is -0.759. The van der Waals surface area contributed by atoms with Crippen LogP contribution in [-0.4, -0.2) is 5.84 Å². The van der Waals surface area contributed by atoms with Crippen LogP contribution < -0.4 is 10.5 Å². The summed E-state index contributed by atoms with van der Waals surface area (Å²) in [5.41, 5.74) is 12.9. The smallest absolute Gasteiger partial charge is 0.166 e. The van der Waals surface area contributed by atoms with E-state index in [4.69, 9.17) is 5.41 Å². The molecule has 1 unspecified atom stereocenters. The van der Waals surface area contributed by atoms with E-state index < -0.39 is 0 Å². The molecule has 0 heterocycles. The lowest BCUT2D eigenvalue weighted by Gasteiger charge is -2.26. The number of benzene rings is 4. The van der Waals surface area contributed by atoms with Gasteiger partial charge >= 0.3 is 0 Å². The van der Waals surface area contributed by atoms with Crippen molar-refractivity contribution < 1.29 is 5.12 Å². The Labute approximate surface area is 182 Å². The molecule has 0 aliphatic rings. The summed E-state index contributed by atoms with van der Waals surface area (Å²) >= 11 is 0. The van der Waals surface area contributed by atoms with Crippen molar-refractivity contribution in [3.63, 3.8) is 0 Å². The summed E-state index contributed by atoms with van der Waals surface area (Å²) in [4.78, 5) is 0. The van der Waals surface area contributed by atoms with Gasteiger partial charge in [-0.2, -0.15) is 5.12 Å². The molecule has 0 saturated heterocycles. The number of quaternary nitrogens is 1. The van der Waals surface area contributed by atoms with E-state index in [9.17, 15) is 0 Å². The Hall–Kier alpha value is -4.15. The van der Waals surface area contributed by atoms with Crippen LogP contribution >= 0.6 is 0 Å². The molecular weight excluding hydrogens is 380 g/mol. The molecular formula is C27H24N4. The van der Waals surface area contributed by atoms with Gasteiger partial charge in [0.2, 0.25) is 0 Å². The molecule has 4 aromatic rings. The van der Waals surface area contributed by atoms with E-state index in [-0.39, 0.29) is 5.84 Å². The first-order valence-corrected chi connectivity index (χ1v) is 10.2. The minimum Gasteiger partial charge on any atom is -0.478 e. The first kappa shape index (κ1) is 20.1. The van der Waals surface area contributed by atoms with Crippen LogP contribution in [0.4, 0.5) is 11.4 Å². The number of amidine groups is 1. The standard InChI is InChI=1S/C27H24N4/c28-27(24-12-6-2-7-13-24)30-31(29-25-14-8-3-9-15-25)26-20-18-23(19-21-26)17-16-22-10-4-1-5-11-22/h1-21,29,31H,(H-,28,30)/b17-16-. The molecule has 4 aromatic carbocycles. The second-order valence-corrected chi connectivity index (χ2v) is 7.03. The van der Waals surface area contributed by atoms with Crippen molar-refractivity contribution in [3.05, 3.63) is 137 Å². The number of anilines is 1. The summed E-state index contributed by atoms with van der Waals surface area (Å²) in [5.74, 6) is 0.215. The zero-order chi connectivity index (χ0) is 21.3. The van der Waals surface area contributed by atoms with Crippen LogP contribution in [0.25, 0.3) is 17.6 Å². The topological polar surface area (TPSA) is 54.4 Å². The molecule has 4 rings (SSSR count). The maximum Gasteiger partial charge on any atom is 0.166 e. The van der Waals surface area contributed by atoms with E-state index in [0.717, 1.165) is 28.1 Å². The molecule has 1 atom stereocenters. The van der Waals surface area contributed by atoms with Gasteiger partial charge in [0.05, 0.1) is 5.69 Å². The fourth-order valence-corrected chi connectivity index (χ4v) is 3.10. The molecule has 4 heteroatoms. The SMILES string of the molecule is N=C([N-][NH+](Nc1ccccc1)c1ccc(/C=C\c2ccccc2)cc1)c1ccccc1. The molecule has 31 heavy (non-hydrogen) atoms. The van der Waals surface area contributed by atoms with E-state index in [2.05, 4.69) is 47.3 Å². The Morgan fingerprint density at radius 2 is 1.16 bits per heavy atom. The average Bonchev–Trinajstić information content (AvgIpc) is 2.84. The Morgan fingerprint density at radius 3 is 1.77 bits per heavy atom. The number of nitrogens with one attached hydrogen (secondary N) is 3. The Balaban J connectivity index is 1.54. The molecule has 152 valence electrons. The molecule has 0 fully saturated rings. The largest absolute Gasteiger partial charge is 0.478 e. The molecule has 4 nitrogen and oxygen atoms in total. The highest BCUT2D eigenvalue weighted by Gasteiger charge is 2.11. The zero-order valence-corrected chi connectivity index (χ0v) is 17.1. The van der Waals surface area contributed by atoms with Gasteiger partial charge in [-0.05, 0) is 46.8 Å². The molecule has 0 amide bonds. The molecule has 0 spiro atoms. The van der Waals surface area contributed by atoms with Gasteiger partial charge < -0.3 is 5.41 Å². The van der Waals surface area contributed by atoms with E-state index in [0.29, 0.717) is 5.12 Å². The molecule has 0 radical (unpaired) electrons. The lowest BCUT2D eigenvalue weighted by Crippen LogP contribution is -3.07.